The number of aliphatic hydroxyl groups excluding tert-OH is 2. The monoisotopic (exact) mass is 305 g/mol. The number of Topliss-reactive ketones (excluding diaryl/α,β-unsaturated/α-hetero) is 1. The molecule has 5 heteroatoms. The largest absolute Gasteiger partial charge is 0.391 e. The Hall–Kier alpha value is -1.72. The fourth-order valence-electron chi connectivity index (χ4n) is 2.39. The van der Waals surface area contributed by atoms with Crippen molar-refractivity contribution < 1.29 is 19.8 Å². The van der Waals surface area contributed by atoms with Crippen molar-refractivity contribution in [1.29, 1.82) is 0 Å². The topological polar surface area (TPSA) is 86.6 Å². The molecule has 5 nitrogen and oxygen atoms in total. The van der Waals surface area contributed by atoms with Gasteiger partial charge in [-0.1, -0.05) is 25.0 Å². The van der Waals surface area contributed by atoms with Gasteiger partial charge in [0.1, 0.15) is 12.6 Å². The maximum absolute atomic E-state index is 12.1. The highest BCUT2D eigenvalue weighted by Crippen LogP contribution is 2.33. The van der Waals surface area contributed by atoms with Gasteiger partial charge in [0.25, 0.3) is 5.91 Å². The number of nitrogens with one attached hydrogen (secondary N) is 1. The number of rotatable bonds is 8. The van der Waals surface area contributed by atoms with Gasteiger partial charge in [0.15, 0.2) is 5.78 Å². The molecule has 1 fully saturated rings. The first kappa shape index (κ1) is 16.6. The molecule has 22 heavy (non-hydrogen) atoms. The Morgan fingerprint density at radius 2 is 1.91 bits per heavy atom. The molecule has 1 aliphatic carbocycles. The summed E-state index contributed by atoms with van der Waals surface area (Å²) in [4.78, 5) is 23.6. The minimum absolute atomic E-state index is 0.429. The zero-order valence-corrected chi connectivity index (χ0v) is 12.8. The number of aliphatic hydroxyl groups is 2. The Labute approximate surface area is 130 Å². The third-order valence-electron chi connectivity index (χ3n) is 4.03. The molecule has 120 valence electrons. The highest BCUT2D eigenvalue weighted by Gasteiger charge is 2.25. The summed E-state index contributed by atoms with van der Waals surface area (Å²) in [6.45, 7) is 0.690. The second-order valence-electron chi connectivity index (χ2n) is 6.00. The van der Waals surface area contributed by atoms with Gasteiger partial charge in [-0.05, 0) is 43.4 Å². The number of amides is 1. The van der Waals surface area contributed by atoms with Crippen LogP contribution in [0.4, 0.5) is 0 Å². The van der Waals surface area contributed by atoms with Crippen LogP contribution in [0.1, 0.15) is 42.1 Å². The van der Waals surface area contributed by atoms with Crippen molar-refractivity contribution in [2.24, 2.45) is 5.92 Å². The Morgan fingerprint density at radius 1 is 1.27 bits per heavy atom. The van der Waals surface area contributed by atoms with Gasteiger partial charge in [-0.3, -0.25) is 9.59 Å². The molecule has 1 amide bonds. The third-order valence-corrected chi connectivity index (χ3v) is 4.03. The standard InChI is InChI=1S/C17H23NO4/c1-11(20)16(15(21)10-19)18-17(22)14-8-6-13(7-9-14)5-4-12-2-3-12/h6-9,11-12,16,19-20H,2-5,10H2,1H3,(H,18,22)/t11-,16+/m1/s1. The van der Waals surface area contributed by atoms with E-state index in [-0.39, 0.29) is 0 Å². The maximum Gasteiger partial charge on any atom is 0.251 e. The molecule has 3 N–H and O–H groups in total. The molecule has 1 aromatic carbocycles. The average Bonchev–Trinajstić information content (AvgIpc) is 3.34. The van der Waals surface area contributed by atoms with Crippen molar-refractivity contribution in [3.63, 3.8) is 0 Å². The van der Waals surface area contributed by atoms with E-state index in [9.17, 15) is 14.7 Å². The van der Waals surface area contributed by atoms with Gasteiger partial charge in [-0.2, -0.15) is 0 Å². The van der Waals surface area contributed by atoms with E-state index in [2.05, 4.69) is 5.32 Å². The van der Waals surface area contributed by atoms with E-state index >= 15 is 0 Å². The van der Waals surface area contributed by atoms with Gasteiger partial charge in [0.05, 0.1) is 6.10 Å². The zero-order chi connectivity index (χ0) is 16.1. The Morgan fingerprint density at radius 3 is 2.41 bits per heavy atom. The zero-order valence-electron chi connectivity index (χ0n) is 12.8. The van der Waals surface area contributed by atoms with Crippen LogP contribution in [0.15, 0.2) is 24.3 Å². The maximum atomic E-state index is 12.1. The molecular formula is C17H23NO4. The molecule has 1 aliphatic rings. The Balaban J connectivity index is 1.94. The minimum atomic E-state index is -1.09. The van der Waals surface area contributed by atoms with Gasteiger partial charge in [0.2, 0.25) is 0 Å². The lowest BCUT2D eigenvalue weighted by Gasteiger charge is -2.19. The molecule has 2 atom stereocenters. The smallest absolute Gasteiger partial charge is 0.251 e. The summed E-state index contributed by atoms with van der Waals surface area (Å²) < 4.78 is 0. The van der Waals surface area contributed by atoms with Crippen LogP contribution in [0.2, 0.25) is 0 Å². The average molecular weight is 305 g/mol. The molecular weight excluding hydrogens is 282 g/mol. The molecule has 0 saturated heterocycles. The number of hydrogen-bond donors (Lipinski definition) is 3. The van der Waals surface area contributed by atoms with Crippen LogP contribution in [0.3, 0.4) is 0 Å². The molecule has 0 radical (unpaired) electrons. The summed E-state index contributed by atoms with van der Waals surface area (Å²) >= 11 is 0. The van der Waals surface area contributed by atoms with E-state index in [1.807, 2.05) is 12.1 Å². The van der Waals surface area contributed by atoms with Crippen molar-refractivity contribution in [1.82, 2.24) is 5.32 Å². The van der Waals surface area contributed by atoms with E-state index in [0.29, 0.717) is 5.56 Å². The molecule has 0 heterocycles. The molecule has 0 unspecified atom stereocenters. The van der Waals surface area contributed by atoms with Gasteiger partial charge >= 0.3 is 0 Å². The summed E-state index contributed by atoms with van der Waals surface area (Å²) in [6.07, 6.45) is 3.83. The van der Waals surface area contributed by atoms with Crippen LogP contribution in [0.5, 0.6) is 0 Å². The Kier molecular flexibility index (Phi) is 5.69. The van der Waals surface area contributed by atoms with Crippen LogP contribution in [0.25, 0.3) is 0 Å². The normalized spacial score (nSPS) is 16.9. The van der Waals surface area contributed by atoms with Crippen LogP contribution in [0, 0.1) is 5.92 Å². The molecule has 2 rings (SSSR count). The fraction of sp³-hybridized carbons (Fsp3) is 0.529. The van der Waals surface area contributed by atoms with Crippen LogP contribution in [-0.4, -0.2) is 40.7 Å². The second-order valence-corrected chi connectivity index (χ2v) is 6.00. The van der Waals surface area contributed by atoms with Gasteiger partial charge in [-0.25, -0.2) is 0 Å². The first-order chi connectivity index (χ1) is 10.5. The van der Waals surface area contributed by atoms with Crippen LogP contribution >= 0.6 is 0 Å². The van der Waals surface area contributed by atoms with E-state index in [4.69, 9.17) is 5.11 Å². The number of aryl methyl sites for hydroxylation is 1. The fourth-order valence-corrected chi connectivity index (χ4v) is 2.39. The summed E-state index contributed by atoms with van der Waals surface area (Å²) in [5.41, 5.74) is 1.63. The van der Waals surface area contributed by atoms with E-state index in [1.54, 1.807) is 12.1 Å². The van der Waals surface area contributed by atoms with Gasteiger partial charge in [-0.15, -0.1) is 0 Å². The molecule has 1 aromatic rings. The van der Waals surface area contributed by atoms with E-state index in [1.165, 1.54) is 31.7 Å². The van der Waals surface area contributed by atoms with E-state index < -0.39 is 30.4 Å². The minimum Gasteiger partial charge on any atom is -0.391 e. The molecule has 0 aromatic heterocycles. The number of ketones is 1. The molecule has 0 bridgehead atoms. The predicted molar refractivity (Wildman–Crippen MR) is 82.5 cm³/mol. The summed E-state index contributed by atoms with van der Waals surface area (Å²) in [7, 11) is 0. The number of benzene rings is 1. The first-order valence-corrected chi connectivity index (χ1v) is 7.72. The second kappa shape index (κ2) is 7.51. The lowest BCUT2D eigenvalue weighted by atomic mass is 10.0. The van der Waals surface area contributed by atoms with Crippen LogP contribution in [-0.2, 0) is 11.2 Å². The molecule has 0 spiro atoms. The highest BCUT2D eigenvalue weighted by atomic mass is 16.3. The van der Waals surface area contributed by atoms with Crippen molar-refractivity contribution in [3.8, 4) is 0 Å². The summed E-state index contributed by atoms with van der Waals surface area (Å²) in [5.74, 6) is -0.162. The first-order valence-electron chi connectivity index (χ1n) is 7.72. The van der Waals surface area contributed by atoms with Crippen LogP contribution < -0.4 is 5.32 Å². The van der Waals surface area contributed by atoms with Crippen molar-refractivity contribution in [3.05, 3.63) is 35.4 Å². The molecule has 0 aliphatic heterocycles. The predicted octanol–water partition coefficient (Wildman–Crippen LogP) is 1.07. The van der Waals surface area contributed by atoms with Crippen molar-refractivity contribution in [2.75, 3.05) is 6.61 Å². The number of carbonyl (C=O) groups is 2. The van der Waals surface area contributed by atoms with Crippen molar-refractivity contribution >= 4 is 11.7 Å². The third kappa shape index (κ3) is 4.64. The van der Waals surface area contributed by atoms with Crippen molar-refractivity contribution in [2.45, 2.75) is 44.8 Å². The Bertz CT molecular complexity index is 520. The number of carbonyl (C=O) groups excluding carboxylic acids is 2. The quantitative estimate of drug-likeness (QED) is 0.670. The van der Waals surface area contributed by atoms with Gasteiger partial charge < -0.3 is 15.5 Å². The van der Waals surface area contributed by atoms with E-state index in [0.717, 1.165) is 12.3 Å². The SMILES string of the molecule is C[C@@H](O)[C@H](NC(=O)c1ccc(CCC2CC2)cc1)C(=O)CO. The lowest BCUT2D eigenvalue weighted by molar-refractivity contribution is -0.125. The summed E-state index contributed by atoms with van der Waals surface area (Å²) in [6, 6.07) is 6.19. The number of hydrogen-bond acceptors (Lipinski definition) is 4. The van der Waals surface area contributed by atoms with Gasteiger partial charge in [0, 0.05) is 5.56 Å². The summed E-state index contributed by atoms with van der Waals surface area (Å²) in [5, 5.41) is 20.9. The molecule has 1 saturated carbocycles. The highest BCUT2D eigenvalue weighted by molar-refractivity contribution is 5.98. The lowest BCUT2D eigenvalue weighted by Crippen LogP contribution is -2.48.